The normalized spacial score (nSPS) is 12.9. The summed E-state index contributed by atoms with van der Waals surface area (Å²) in [5.41, 5.74) is 12.3. The number of nitrogens with two attached hydrogens (primary N) is 2. The molecular weight excluding hydrogens is 522 g/mol. The molecule has 0 saturated heterocycles. The summed E-state index contributed by atoms with van der Waals surface area (Å²) < 4.78 is 21.2. The molecule has 2 aromatic heterocycles. The Balaban J connectivity index is 1.61. The van der Waals surface area contributed by atoms with E-state index in [1.54, 1.807) is 37.3 Å². The highest BCUT2D eigenvalue weighted by Crippen LogP contribution is 2.39. The zero-order valence-corrected chi connectivity index (χ0v) is 21.7. The number of hydrogen-bond donors (Lipinski definition) is 3. The SMILES string of the molecule is Cc1ccc([C@@H](C(=O)NCc2ccccc2)N(C(=O)c2snc(C(N)=O)c2N)c2ccc3c(c2)OCCO3)o1. The van der Waals surface area contributed by atoms with Crippen LogP contribution in [0.1, 0.15) is 43.3 Å². The number of carbonyl (C=O) groups excluding carboxylic acids is 3. The monoisotopic (exact) mass is 547 g/mol. The molecule has 5 N–H and O–H groups in total. The second kappa shape index (κ2) is 10.9. The first-order chi connectivity index (χ1) is 18.8. The molecule has 1 atom stereocenters. The van der Waals surface area contributed by atoms with Gasteiger partial charge in [0.15, 0.2) is 23.2 Å². The number of anilines is 2. The van der Waals surface area contributed by atoms with Crippen molar-refractivity contribution in [2.75, 3.05) is 23.8 Å². The summed E-state index contributed by atoms with van der Waals surface area (Å²) in [5, 5.41) is 2.90. The van der Waals surface area contributed by atoms with Crippen LogP contribution < -0.4 is 31.2 Å². The predicted molar refractivity (Wildman–Crippen MR) is 144 cm³/mol. The lowest BCUT2D eigenvalue weighted by molar-refractivity contribution is -0.123. The molecule has 11 nitrogen and oxygen atoms in total. The largest absolute Gasteiger partial charge is 0.486 e. The van der Waals surface area contributed by atoms with E-state index in [1.165, 1.54) is 4.90 Å². The lowest BCUT2D eigenvalue weighted by atomic mass is 10.1. The smallest absolute Gasteiger partial charge is 0.273 e. The van der Waals surface area contributed by atoms with Crippen LogP contribution in [0, 0.1) is 6.92 Å². The number of hydrogen-bond acceptors (Lipinski definition) is 9. The molecule has 4 aromatic rings. The second-order valence-electron chi connectivity index (χ2n) is 8.70. The fourth-order valence-corrected chi connectivity index (χ4v) is 4.90. The first-order valence-corrected chi connectivity index (χ1v) is 12.8. The van der Waals surface area contributed by atoms with E-state index in [0.29, 0.717) is 36.2 Å². The van der Waals surface area contributed by atoms with Gasteiger partial charge < -0.3 is 30.7 Å². The highest BCUT2D eigenvalue weighted by molar-refractivity contribution is 7.09. The van der Waals surface area contributed by atoms with E-state index in [9.17, 15) is 14.4 Å². The quantitative estimate of drug-likeness (QED) is 0.303. The van der Waals surface area contributed by atoms with Crippen molar-refractivity contribution in [1.82, 2.24) is 9.69 Å². The van der Waals surface area contributed by atoms with E-state index in [-0.39, 0.29) is 28.6 Å². The van der Waals surface area contributed by atoms with Gasteiger partial charge >= 0.3 is 0 Å². The van der Waals surface area contributed by atoms with Crippen LogP contribution >= 0.6 is 11.5 Å². The number of aryl methyl sites for hydroxylation is 1. The Kier molecular flexibility index (Phi) is 7.19. The summed E-state index contributed by atoms with van der Waals surface area (Å²) in [5.74, 6) is -0.367. The Labute approximate surface area is 227 Å². The first kappa shape index (κ1) is 25.8. The molecule has 200 valence electrons. The Hall–Kier alpha value is -4.84. The molecule has 0 fully saturated rings. The van der Waals surface area contributed by atoms with Crippen LogP contribution in [0.4, 0.5) is 11.4 Å². The maximum absolute atomic E-state index is 14.1. The Morgan fingerprint density at radius 1 is 1.05 bits per heavy atom. The average molecular weight is 548 g/mol. The van der Waals surface area contributed by atoms with Crippen LogP contribution in [0.3, 0.4) is 0 Å². The van der Waals surface area contributed by atoms with Crippen LogP contribution in [-0.2, 0) is 11.3 Å². The van der Waals surface area contributed by atoms with Crippen LogP contribution in [0.25, 0.3) is 0 Å². The Bertz CT molecular complexity index is 1530. The number of ether oxygens (including phenoxy) is 2. The van der Waals surface area contributed by atoms with E-state index in [2.05, 4.69) is 9.69 Å². The van der Waals surface area contributed by atoms with Crippen LogP contribution in [0.2, 0.25) is 0 Å². The van der Waals surface area contributed by atoms with E-state index in [4.69, 9.17) is 25.4 Å². The topological polar surface area (TPSA) is 163 Å². The molecule has 3 heterocycles. The lowest BCUT2D eigenvalue weighted by Gasteiger charge is -2.30. The number of aromatic nitrogens is 1. The number of nitrogen functional groups attached to an aromatic ring is 1. The minimum Gasteiger partial charge on any atom is -0.486 e. The predicted octanol–water partition coefficient (Wildman–Crippen LogP) is 3.20. The number of nitrogens with one attached hydrogen (secondary N) is 1. The van der Waals surface area contributed by atoms with Crippen molar-refractivity contribution in [3.63, 3.8) is 0 Å². The number of amides is 3. The number of rotatable bonds is 8. The minimum atomic E-state index is -1.25. The van der Waals surface area contributed by atoms with Gasteiger partial charge in [-0.2, -0.15) is 4.37 Å². The first-order valence-electron chi connectivity index (χ1n) is 12.0. The average Bonchev–Trinajstić information content (AvgIpc) is 3.55. The molecule has 0 radical (unpaired) electrons. The van der Waals surface area contributed by atoms with Crippen molar-refractivity contribution >= 4 is 40.6 Å². The van der Waals surface area contributed by atoms with Crippen LogP contribution in [0.5, 0.6) is 11.5 Å². The zero-order valence-electron chi connectivity index (χ0n) is 20.9. The van der Waals surface area contributed by atoms with Gasteiger partial charge in [-0.25, -0.2) is 0 Å². The Morgan fingerprint density at radius 2 is 1.79 bits per heavy atom. The minimum absolute atomic E-state index is 0.0529. The summed E-state index contributed by atoms with van der Waals surface area (Å²) in [4.78, 5) is 41.0. The third-order valence-electron chi connectivity index (χ3n) is 6.03. The zero-order chi connectivity index (χ0) is 27.5. The van der Waals surface area contributed by atoms with Crippen molar-refractivity contribution in [1.29, 1.82) is 0 Å². The second-order valence-corrected chi connectivity index (χ2v) is 9.47. The molecule has 0 aliphatic carbocycles. The third-order valence-corrected chi connectivity index (χ3v) is 6.88. The van der Waals surface area contributed by atoms with Gasteiger partial charge in [0.25, 0.3) is 17.7 Å². The fraction of sp³-hybridized carbons (Fsp3) is 0.185. The number of fused-ring (bicyclic) bond motifs is 1. The number of furan rings is 1. The van der Waals surface area contributed by atoms with Crippen LogP contribution in [-0.4, -0.2) is 35.3 Å². The molecule has 0 unspecified atom stereocenters. The highest BCUT2D eigenvalue weighted by Gasteiger charge is 2.38. The lowest BCUT2D eigenvalue weighted by Crippen LogP contribution is -2.43. The van der Waals surface area contributed by atoms with Gasteiger partial charge in [0, 0.05) is 18.3 Å². The van der Waals surface area contributed by atoms with E-state index in [0.717, 1.165) is 17.1 Å². The van der Waals surface area contributed by atoms with Crippen LogP contribution in [0.15, 0.2) is 65.1 Å². The summed E-state index contributed by atoms with van der Waals surface area (Å²) in [6.07, 6.45) is 0. The molecule has 1 aliphatic rings. The number of nitrogens with zero attached hydrogens (tertiary/aromatic N) is 2. The van der Waals surface area contributed by atoms with Gasteiger partial charge in [-0.15, -0.1) is 0 Å². The van der Waals surface area contributed by atoms with Gasteiger partial charge in [-0.1, -0.05) is 30.3 Å². The molecule has 0 saturated carbocycles. The summed E-state index contributed by atoms with van der Waals surface area (Å²) in [7, 11) is 0. The maximum Gasteiger partial charge on any atom is 0.273 e. The number of primary amides is 1. The summed E-state index contributed by atoms with van der Waals surface area (Å²) in [6.45, 7) is 2.66. The van der Waals surface area contributed by atoms with E-state index in [1.807, 2.05) is 30.3 Å². The standard InChI is InChI=1S/C27H25N5O6S/c1-15-7-9-19(38-15)23(26(34)30-14-16-5-3-2-4-6-16)32(17-8-10-18-20(13-17)37-12-11-36-18)27(35)24-21(28)22(25(29)33)31-39-24/h2-10,13,23H,11-12,14,28H2,1H3,(H2,29,33)(H,30,34)/t23-/m0/s1. The molecule has 0 spiro atoms. The molecular formula is C27H25N5O6S. The van der Waals surface area contributed by atoms with Gasteiger partial charge in [-0.3, -0.25) is 19.3 Å². The van der Waals surface area contributed by atoms with Crippen molar-refractivity contribution in [3.05, 3.63) is 88.3 Å². The van der Waals surface area contributed by atoms with Gasteiger partial charge in [0.1, 0.15) is 29.6 Å². The molecule has 3 amide bonds. The number of benzene rings is 2. The fourth-order valence-electron chi connectivity index (χ4n) is 4.16. The van der Waals surface area contributed by atoms with E-state index >= 15 is 0 Å². The third kappa shape index (κ3) is 5.27. The summed E-state index contributed by atoms with van der Waals surface area (Å²) >= 11 is 0.719. The maximum atomic E-state index is 14.1. The molecule has 1 aliphatic heterocycles. The van der Waals surface area contributed by atoms with Crippen molar-refractivity contribution in [2.24, 2.45) is 5.73 Å². The highest BCUT2D eigenvalue weighted by atomic mass is 32.1. The van der Waals surface area contributed by atoms with Crippen molar-refractivity contribution in [2.45, 2.75) is 19.5 Å². The van der Waals surface area contributed by atoms with Crippen molar-refractivity contribution in [3.8, 4) is 11.5 Å². The van der Waals surface area contributed by atoms with Crippen molar-refractivity contribution < 1.29 is 28.3 Å². The molecule has 12 heteroatoms. The summed E-state index contributed by atoms with van der Waals surface area (Å²) in [6, 6.07) is 16.3. The number of carbonyl (C=O) groups is 3. The van der Waals surface area contributed by atoms with Gasteiger partial charge in [0.2, 0.25) is 0 Å². The van der Waals surface area contributed by atoms with Gasteiger partial charge in [-0.05, 0) is 48.3 Å². The van der Waals surface area contributed by atoms with E-state index < -0.39 is 23.8 Å². The molecule has 5 rings (SSSR count). The molecule has 0 bridgehead atoms. The molecule has 39 heavy (non-hydrogen) atoms. The Morgan fingerprint density at radius 3 is 2.46 bits per heavy atom. The molecule has 2 aromatic carbocycles. The van der Waals surface area contributed by atoms with Gasteiger partial charge in [0.05, 0.1) is 5.69 Å².